The third-order valence-corrected chi connectivity index (χ3v) is 4.08. The first-order valence-electron chi connectivity index (χ1n) is 8.56. The predicted octanol–water partition coefficient (Wildman–Crippen LogP) is 4.67. The number of nitro benzene ring substituents is 1. The molecule has 30 heavy (non-hydrogen) atoms. The number of hydrazone groups is 1. The molecule has 0 aliphatic carbocycles. The van der Waals surface area contributed by atoms with Crippen LogP contribution in [0, 0.1) is 15.9 Å². The van der Waals surface area contributed by atoms with Crippen LogP contribution in [-0.4, -0.2) is 28.7 Å². The summed E-state index contributed by atoms with van der Waals surface area (Å²) in [6, 6.07) is 10.6. The van der Waals surface area contributed by atoms with Crippen molar-refractivity contribution in [2.75, 3.05) is 12.0 Å². The lowest BCUT2D eigenvalue weighted by molar-refractivity contribution is -0.387. The summed E-state index contributed by atoms with van der Waals surface area (Å²) in [5, 5.41) is 14.7. The van der Waals surface area contributed by atoms with E-state index in [9.17, 15) is 19.3 Å². The molecule has 0 unspecified atom stereocenters. The minimum absolute atomic E-state index is 0.0812. The summed E-state index contributed by atoms with van der Waals surface area (Å²) in [4.78, 5) is 26.3. The number of halogens is 2. The summed E-state index contributed by atoms with van der Waals surface area (Å²) in [6.07, 6.45) is 1.12. The Labute approximate surface area is 174 Å². The van der Waals surface area contributed by atoms with Gasteiger partial charge in [0.05, 0.1) is 22.8 Å². The zero-order valence-corrected chi connectivity index (χ0v) is 16.2. The van der Waals surface area contributed by atoms with Gasteiger partial charge in [-0.3, -0.25) is 10.1 Å². The van der Waals surface area contributed by atoms with Crippen LogP contribution in [0.4, 0.5) is 16.0 Å². The van der Waals surface area contributed by atoms with Crippen LogP contribution in [0.15, 0.2) is 52.0 Å². The molecule has 154 valence electrons. The quantitative estimate of drug-likeness (QED) is 0.249. The zero-order chi connectivity index (χ0) is 21.7. The van der Waals surface area contributed by atoms with Gasteiger partial charge in [0.25, 0.3) is 0 Å². The number of nitrogens with one attached hydrogen (secondary N) is 1. The third kappa shape index (κ3) is 4.61. The Morgan fingerprint density at radius 3 is 2.80 bits per heavy atom. The number of carbonyl (C=O) groups is 1. The standard InChI is InChI=1S/C19H14ClFN4O5/c1-2-29-19(26)16-18(30-17(23-16)11-6-4-3-5-7-11)24-22-10-12-8-15(25(27)28)14(21)9-13(12)20/h3-10,24H,2H2,1H3. The number of nitro groups is 1. The summed E-state index contributed by atoms with van der Waals surface area (Å²) < 4.78 is 24.1. The lowest BCUT2D eigenvalue weighted by Crippen LogP contribution is -2.07. The van der Waals surface area contributed by atoms with Crippen LogP contribution in [0.2, 0.25) is 5.02 Å². The highest BCUT2D eigenvalue weighted by Crippen LogP contribution is 2.27. The molecule has 1 N–H and O–H groups in total. The fourth-order valence-electron chi connectivity index (χ4n) is 2.39. The largest absolute Gasteiger partial charge is 0.461 e. The van der Waals surface area contributed by atoms with E-state index in [1.165, 1.54) is 0 Å². The summed E-state index contributed by atoms with van der Waals surface area (Å²) >= 11 is 5.90. The van der Waals surface area contributed by atoms with Gasteiger partial charge in [0.15, 0.2) is 0 Å². The number of aromatic nitrogens is 1. The Hall–Kier alpha value is -3.79. The van der Waals surface area contributed by atoms with Crippen LogP contribution in [-0.2, 0) is 4.74 Å². The fraction of sp³-hybridized carbons (Fsp3) is 0.105. The molecular formula is C19H14ClFN4O5. The maximum atomic E-state index is 13.6. The highest BCUT2D eigenvalue weighted by atomic mass is 35.5. The average molecular weight is 433 g/mol. The number of hydrogen-bond donors (Lipinski definition) is 1. The number of hydrogen-bond acceptors (Lipinski definition) is 8. The van der Waals surface area contributed by atoms with E-state index in [0.717, 1.165) is 18.3 Å². The van der Waals surface area contributed by atoms with Gasteiger partial charge < -0.3 is 9.15 Å². The van der Waals surface area contributed by atoms with Gasteiger partial charge in [-0.15, -0.1) is 0 Å². The van der Waals surface area contributed by atoms with E-state index < -0.39 is 22.4 Å². The van der Waals surface area contributed by atoms with Gasteiger partial charge in [-0.1, -0.05) is 29.8 Å². The van der Waals surface area contributed by atoms with E-state index in [0.29, 0.717) is 5.56 Å². The van der Waals surface area contributed by atoms with E-state index in [4.69, 9.17) is 20.8 Å². The van der Waals surface area contributed by atoms with Crippen LogP contribution in [0.25, 0.3) is 11.5 Å². The Bertz CT molecular complexity index is 1120. The summed E-state index contributed by atoms with van der Waals surface area (Å²) in [5.41, 5.74) is 2.32. The highest BCUT2D eigenvalue weighted by molar-refractivity contribution is 6.33. The van der Waals surface area contributed by atoms with Gasteiger partial charge in [-0.05, 0) is 19.1 Å². The number of carbonyl (C=O) groups excluding carboxylic acids is 1. The van der Waals surface area contributed by atoms with Crippen molar-refractivity contribution in [2.24, 2.45) is 5.10 Å². The van der Waals surface area contributed by atoms with Crippen LogP contribution in [0.5, 0.6) is 0 Å². The molecule has 1 heterocycles. The van der Waals surface area contributed by atoms with E-state index in [1.807, 2.05) is 6.07 Å². The van der Waals surface area contributed by atoms with Crippen LogP contribution in [0.1, 0.15) is 23.0 Å². The Morgan fingerprint density at radius 1 is 1.40 bits per heavy atom. The Balaban J connectivity index is 1.90. The maximum Gasteiger partial charge on any atom is 0.362 e. The van der Waals surface area contributed by atoms with Gasteiger partial charge in [0, 0.05) is 23.3 Å². The smallest absolute Gasteiger partial charge is 0.362 e. The molecule has 0 radical (unpaired) electrons. The van der Waals surface area contributed by atoms with Crippen molar-refractivity contribution in [2.45, 2.75) is 6.92 Å². The summed E-state index contributed by atoms with van der Waals surface area (Å²) in [7, 11) is 0. The summed E-state index contributed by atoms with van der Waals surface area (Å²) in [5.74, 6) is -1.73. The second-order valence-electron chi connectivity index (χ2n) is 5.74. The molecule has 3 rings (SSSR count). The first-order chi connectivity index (χ1) is 14.4. The van der Waals surface area contributed by atoms with Crippen molar-refractivity contribution < 1.29 is 23.3 Å². The number of rotatable bonds is 7. The predicted molar refractivity (Wildman–Crippen MR) is 107 cm³/mol. The summed E-state index contributed by atoms with van der Waals surface area (Å²) in [6.45, 7) is 1.77. The van der Waals surface area contributed by atoms with Gasteiger partial charge >= 0.3 is 11.7 Å². The molecule has 0 aliphatic rings. The molecule has 2 aromatic carbocycles. The topological polar surface area (TPSA) is 120 Å². The normalized spacial score (nSPS) is 10.9. The number of oxazole rings is 1. The van der Waals surface area contributed by atoms with Gasteiger partial charge in [-0.25, -0.2) is 10.2 Å². The van der Waals surface area contributed by atoms with E-state index in [1.54, 1.807) is 31.2 Å². The molecule has 3 aromatic rings. The second-order valence-corrected chi connectivity index (χ2v) is 6.14. The molecule has 1 aromatic heterocycles. The molecule has 0 saturated heterocycles. The van der Waals surface area contributed by atoms with Crippen molar-refractivity contribution in [3.63, 3.8) is 0 Å². The molecular weight excluding hydrogens is 419 g/mol. The SMILES string of the molecule is CCOC(=O)c1nc(-c2ccccc2)oc1NN=Cc1cc([N+](=O)[O-])c(F)cc1Cl. The Morgan fingerprint density at radius 2 is 2.13 bits per heavy atom. The molecule has 0 bridgehead atoms. The molecule has 0 fully saturated rings. The van der Waals surface area contributed by atoms with Crippen molar-refractivity contribution in [1.29, 1.82) is 0 Å². The first-order valence-corrected chi connectivity index (χ1v) is 8.94. The average Bonchev–Trinajstić information content (AvgIpc) is 3.14. The van der Waals surface area contributed by atoms with Crippen LogP contribution in [0.3, 0.4) is 0 Å². The lowest BCUT2D eigenvalue weighted by atomic mass is 10.2. The lowest BCUT2D eigenvalue weighted by Gasteiger charge is -2.01. The second kappa shape index (κ2) is 9.14. The molecule has 11 heteroatoms. The first kappa shape index (κ1) is 20.9. The monoisotopic (exact) mass is 432 g/mol. The fourth-order valence-corrected chi connectivity index (χ4v) is 2.59. The van der Waals surface area contributed by atoms with Crippen LogP contribution >= 0.6 is 11.6 Å². The van der Waals surface area contributed by atoms with Gasteiger partial charge in [0.1, 0.15) is 0 Å². The molecule has 0 amide bonds. The molecule has 0 aliphatic heterocycles. The van der Waals surface area contributed by atoms with E-state index in [-0.39, 0.29) is 34.7 Å². The number of benzene rings is 2. The number of nitrogens with zero attached hydrogens (tertiary/aromatic N) is 3. The van der Waals surface area contributed by atoms with Crippen molar-refractivity contribution in [3.05, 3.63) is 74.7 Å². The van der Waals surface area contributed by atoms with E-state index in [2.05, 4.69) is 15.5 Å². The highest BCUT2D eigenvalue weighted by Gasteiger charge is 2.22. The Kier molecular flexibility index (Phi) is 6.38. The maximum absolute atomic E-state index is 13.6. The third-order valence-electron chi connectivity index (χ3n) is 3.75. The van der Waals surface area contributed by atoms with Crippen molar-refractivity contribution >= 4 is 35.4 Å². The van der Waals surface area contributed by atoms with Crippen LogP contribution < -0.4 is 5.43 Å². The number of ether oxygens (including phenoxy) is 1. The van der Waals surface area contributed by atoms with Crippen molar-refractivity contribution in [1.82, 2.24) is 4.98 Å². The number of esters is 1. The van der Waals surface area contributed by atoms with E-state index >= 15 is 0 Å². The number of anilines is 1. The van der Waals surface area contributed by atoms with Crippen molar-refractivity contribution in [3.8, 4) is 11.5 Å². The minimum Gasteiger partial charge on any atom is -0.461 e. The zero-order valence-electron chi connectivity index (χ0n) is 15.5. The van der Waals surface area contributed by atoms with Gasteiger partial charge in [-0.2, -0.15) is 14.5 Å². The molecule has 0 atom stereocenters. The molecule has 0 spiro atoms. The molecule has 0 saturated carbocycles. The van der Waals surface area contributed by atoms with Gasteiger partial charge in [0.2, 0.25) is 23.3 Å². The molecule has 9 nitrogen and oxygen atoms in total. The minimum atomic E-state index is -1.07.